The molecule has 2 aromatic rings. The molecule has 5 N–H and O–H groups in total. The number of ether oxygens (including phenoxy) is 1. The van der Waals surface area contributed by atoms with E-state index in [2.05, 4.69) is 38.3 Å². The molecular formula is C22H31N5O4. The van der Waals surface area contributed by atoms with E-state index in [-0.39, 0.29) is 24.5 Å². The van der Waals surface area contributed by atoms with E-state index in [0.29, 0.717) is 24.4 Å². The molecule has 0 amide bonds. The highest BCUT2D eigenvalue weighted by atomic mass is 16.5. The standard InChI is InChI=1S/C22H31N5O4/c28-16(15-31-17-8-4-3-5-9-17)12-13-18-19(21(29)14-20(18)25-30)10-6-1-2-7-11-22-23-26-27-24-22/h1,3-6,8-9,12-13,16,18-21,25,28-30H,2,7,10-11,14-15H2,(H,23,24,26,27)/t16?,18-,19-,20?,21+/m1/s1. The van der Waals surface area contributed by atoms with Gasteiger partial charge in [-0.2, -0.15) is 5.21 Å². The number of aryl methyl sites for hydroxylation is 1. The molecular weight excluding hydrogens is 398 g/mol. The zero-order chi connectivity index (χ0) is 21.9. The van der Waals surface area contributed by atoms with Crippen molar-refractivity contribution >= 4 is 0 Å². The number of hydrogen-bond donors (Lipinski definition) is 5. The number of aliphatic hydroxyl groups is 2. The fourth-order valence-electron chi connectivity index (χ4n) is 3.92. The van der Waals surface area contributed by atoms with Crippen molar-refractivity contribution in [3.63, 3.8) is 0 Å². The summed E-state index contributed by atoms with van der Waals surface area (Å²) in [7, 11) is 0. The molecule has 1 aliphatic rings. The van der Waals surface area contributed by atoms with Gasteiger partial charge in [0.2, 0.25) is 0 Å². The van der Waals surface area contributed by atoms with Crippen LogP contribution in [0.15, 0.2) is 54.6 Å². The predicted octanol–water partition coefficient (Wildman–Crippen LogP) is 1.81. The number of allylic oxidation sites excluding steroid dienone is 2. The summed E-state index contributed by atoms with van der Waals surface area (Å²) in [4.78, 5) is 0. The molecule has 2 unspecified atom stereocenters. The van der Waals surface area contributed by atoms with Gasteiger partial charge < -0.3 is 20.2 Å². The van der Waals surface area contributed by atoms with Crippen LogP contribution < -0.4 is 10.2 Å². The van der Waals surface area contributed by atoms with E-state index in [0.717, 1.165) is 19.3 Å². The number of hydrogen-bond acceptors (Lipinski definition) is 8. The number of H-pyrrole nitrogens is 1. The smallest absolute Gasteiger partial charge is 0.174 e. The van der Waals surface area contributed by atoms with Crippen molar-refractivity contribution in [1.82, 2.24) is 26.1 Å². The molecule has 1 heterocycles. The van der Waals surface area contributed by atoms with E-state index >= 15 is 0 Å². The number of tetrazole rings is 1. The van der Waals surface area contributed by atoms with Crippen LogP contribution in [0.5, 0.6) is 5.75 Å². The van der Waals surface area contributed by atoms with E-state index in [1.165, 1.54) is 0 Å². The molecule has 1 aliphatic carbocycles. The van der Waals surface area contributed by atoms with Crippen LogP contribution in [0.1, 0.15) is 31.5 Å². The minimum Gasteiger partial charge on any atom is -0.491 e. The number of nitrogens with one attached hydrogen (secondary N) is 2. The van der Waals surface area contributed by atoms with Crippen LogP contribution in [0.25, 0.3) is 0 Å². The molecule has 0 spiro atoms. The van der Waals surface area contributed by atoms with Crippen molar-refractivity contribution in [2.24, 2.45) is 11.8 Å². The number of aromatic nitrogens is 4. The Morgan fingerprint density at radius 2 is 2.10 bits per heavy atom. The average molecular weight is 430 g/mol. The van der Waals surface area contributed by atoms with Gasteiger partial charge in [0, 0.05) is 18.4 Å². The van der Waals surface area contributed by atoms with Gasteiger partial charge in [-0.05, 0) is 43.7 Å². The zero-order valence-corrected chi connectivity index (χ0v) is 17.4. The minimum atomic E-state index is -0.779. The topological polar surface area (TPSA) is 136 Å². The fourth-order valence-corrected chi connectivity index (χ4v) is 3.92. The van der Waals surface area contributed by atoms with Crippen molar-refractivity contribution in [1.29, 1.82) is 0 Å². The Balaban J connectivity index is 1.47. The second-order valence-corrected chi connectivity index (χ2v) is 7.78. The molecule has 1 aromatic carbocycles. The summed E-state index contributed by atoms with van der Waals surface area (Å²) in [5.74, 6) is 1.26. The Morgan fingerprint density at radius 3 is 2.84 bits per heavy atom. The quantitative estimate of drug-likeness (QED) is 0.196. The number of aliphatic hydroxyl groups excluding tert-OH is 2. The van der Waals surface area contributed by atoms with Crippen molar-refractivity contribution in [2.75, 3.05) is 6.61 Å². The van der Waals surface area contributed by atoms with Crippen molar-refractivity contribution in [2.45, 2.75) is 50.4 Å². The van der Waals surface area contributed by atoms with Gasteiger partial charge in [0.25, 0.3) is 0 Å². The SMILES string of the molecule is ONC1C[C@H](O)[C@H](CC=CCCCc2nn[nH]n2)[C@H]1C=CC(O)COc1ccccc1. The number of rotatable bonds is 12. The summed E-state index contributed by atoms with van der Waals surface area (Å²) in [6.45, 7) is 0.137. The molecule has 0 radical (unpaired) electrons. The molecule has 0 saturated heterocycles. The first-order chi connectivity index (χ1) is 15.2. The molecule has 0 aliphatic heterocycles. The molecule has 5 atom stereocenters. The highest BCUT2D eigenvalue weighted by molar-refractivity contribution is 5.21. The highest BCUT2D eigenvalue weighted by Crippen LogP contribution is 2.36. The maximum absolute atomic E-state index is 10.5. The summed E-state index contributed by atoms with van der Waals surface area (Å²) >= 11 is 0. The van der Waals surface area contributed by atoms with Gasteiger partial charge in [0.1, 0.15) is 18.5 Å². The third kappa shape index (κ3) is 7.25. The Morgan fingerprint density at radius 1 is 1.26 bits per heavy atom. The first kappa shape index (κ1) is 23.1. The van der Waals surface area contributed by atoms with Crippen LogP contribution in [0.4, 0.5) is 0 Å². The lowest BCUT2D eigenvalue weighted by atomic mass is 9.89. The molecule has 9 nitrogen and oxygen atoms in total. The number of hydroxylamine groups is 1. The van der Waals surface area contributed by atoms with E-state index in [9.17, 15) is 15.4 Å². The minimum absolute atomic E-state index is 0.0448. The number of para-hydroxylation sites is 1. The maximum Gasteiger partial charge on any atom is 0.174 e. The van der Waals surface area contributed by atoms with Crippen molar-refractivity contribution in [3.05, 3.63) is 60.5 Å². The number of benzene rings is 1. The fraction of sp³-hybridized carbons (Fsp3) is 0.500. The molecule has 168 valence electrons. The van der Waals surface area contributed by atoms with E-state index in [1.54, 1.807) is 6.08 Å². The number of unbranched alkanes of at least 4 members (excludes halogenated alkanes) is 1. The van der Waals surface area contributed by atoms with Crippen LogP contribution in [-0.2, 0) is 6.42 Å². The summed E-state index contributed by atoms with van der Waals surface area (Å²) < 4.78 is 5.57. The van der Waals surface area contributed by atoms with E-state index < -0.39 is 12.2 Å². The number of nitrogens with zero attached hydrogens (tertiary/aromatic N) is 3. The van der Waals surface area contributed by atoms with Crippen molar-refractivity contribution in [3.8, 4) is 5.75 Å². The Bertz CT molecular complexity index is 799. The van der Waals surface area contributed by atoms with E-state index in [1.807, 2.05) is 36.4 Å². The average Bonchev–Trinajstić information content (AvgIpc) is 3.41. The van der Waals surface area contributed by atoms with Gasteiger partial charge in [-0.3, -0.25) is 0 Å². The van der Waals surface area contributed by atoms with Crippen molar-refractivity contribution < 1.29 is 20.2 Å². The van der Waals surface area contributed by atoms with Gasteiger partial charge in [0.05, 0.1) is 6.10 Å². The number of aromatic amines is 1. The van der Waals surface area contributed by atoms with Gasteiger partial charge in [-0.15, -0.1) is 10.2 Å². The monoisotopic (exact) mass is 429 g/mol. The van der Waals surface area contributed by atoms with Crippen LogP contribution in [0, 0.1) is 11.8 Å². The molecule has 1 saturated carbocycles. The van der Waals surface area contributed by atoms with Gasteiger partial charge in [-0.1, -0.05) is 47.7 Å². The van der Waals surface area contributed by atoms with Crippen LogP contribution in [0.3, 0.4) is 0 Å². The second-order valence-electron chi connectivity index (χ2n) is 7.78. The Hall–Kier alpha value is -2.59. The van der Waals surface area contributed by atoms with Gasteiger partial charge >= 0.3 is 0 Å². The Labute approximate surface area is 181 Å². The van der Waals surface area contributed by atoms with Gasteiger partial charge in [-0.25, -0.2) is 5.48 Å². The third-order valence-electron chi connectivity index (χ3n) is 5.57. The first-order valence-electron chi connectivity index (χ1n) is 10.7. The maximum atomic E-state index is 10.5. The lowest BCUT2D eigenvalue weighted by Gasteiger charge is -2.21. The lowest BCUT2D eigenvalue weighted by molar-refractivity contribution is 0.107. The third-order valence-corrected chi connectivity index (χ3v) is 5.57. The zero-order valence-electron chi connectivity index (χ0n) is 17.4. The van der Waals surface area contributed by atoms with Gasteiger partial charge in [0.15, 0.2) is 5.82 Å². The molecule has 3 rings (SSSR count). The first-order valence-corrected chi connectivity index (χ1v) is 10.7. The van der Waals surface area contributed by atoms with Crippen LogP contribution in [-0.4, -0.2) is 60.9 Å². The Kier molecular flexibility index (Phi) is 9.16. The second kappa shape index (κ2) is 12.3. The highest BCUT2D eigenvalue weighted by Gasteiger charge is 2.40. The lowest BCUT2D eigenvalue weighted by Crippen LogP contribution is -2.31. The molecule has 31 heavy (non-hydrogen) atoms. The summed E-state index contributed by atoms with van der Waals surface area (Å²) in [5.41, 5.74) is 2.31. The largest absolute Gasteiger partial charge is 0.491 e. The summed E-state index contributed by atoms with van der Waals surface area (Å²) in [6, 6.07) is 9.06. The van der Waals surface area contributed by atoms with Crippen LogP contribution in [0.2, 0.25) is 0 Å². The summed E-state index contributed by atoms with van der Waals surface area (Å²) in [6.07, 6.45) is 10.1. The molecule has 9 heteroatoms. The molecule has 1 aromatic heterocycles. The van der Waals surface area contributed by atoms with Crippen LogP contribution >= 0.6 is 0 Å². The normalized spacial score (nSPS) is 24.9. The predicted molar refractivity (Wildman–Crippen MR) is 114 cm³/mol. The van der Waals surface area contributed by atoms with E-state index in [4.69, 9.17) is 4.74 Å². The summed E-state index contributed by atoms with van der Waals surface area (Å²) in [5, 5.41) is 44.1. The molecule has 1 fully saturated rings. The molecule has 0 bridgehead atoms.